The van der Waals surface area contributed by atoms with E-state index in [9.17, 15) is 0 Å². The molecule has 2 nitrogen and oxygen atoms in total. The first-order valence-electron chi connectivity index (χ1n) is 4.94. The zero-order valence-corrected chi connectivity index (χ0v) is 9.59. The van der Waals surface area contributed by atoms with E-state index >= 15 is 0 Å². The van der Waals surface area contributed by atoms with Crippen molar-refractivity contribution < 1.29 is 4.74 Å². The van der Waals surface area contributed by atoms with Crippen LogP contribution in [0.3, 0.4) is 0 Å². The number of hydrogen-bond acceptors (Lipinski definition) is 2. The summed E-state index contributed by atoms with van der Waals surface area (Å²) >= 11 is 3.51. The zero-order valence-electron chi connectivity index (χ0n) is 8.00. The highest BCUT2D eigenvalue weighted by Crippen LogP contribution is 2.37. The van der Waals surface area contributed by atoms with Gasteiger partial charge in [0.25, 0.3) is 0 Å². The summed E-state index contributed by atoms with van der Waals surface area (Å²) in [5.74, 6) is 1.44. The first kappa shape index (κ1) is 9.99. The molecule has 1 aromatic rings. The fourth-order valence-electron chi connectivity index (χ4n) is 1.90. The maximum absolute atomic E-state index is 5.77. The van der Waals surface area contributed by atoms with E-state index in [0.29, 0.717) is 12.5 Å². The summed E-state index contributed by atoms with van der Waals surface area (Å²) in [6.07, 6.45) is 2.21. The number of para-hydroxylation sites is 1. The van der Waals surface area contributed by atoms with Gasteiger partial charge in [-0.2, -0.15) is 0 Å². The number of nitrogens with two attached hydrogens (primary N) is 1. The lowest BCUT2D eigenvalue weighted by Crippen LogP contribution is -2.11. The third-order valence-electron chi connectivity index (χ3n) is 2.67. The van der Waals surface area contributed by atoms with Crippen LogP contribution in [0.25, 0.3) is 0 Å². The monoisotopic (exact) mass is 255 g/mol. The van der Waals surface area contributed by atoms with Crippen molar-refractivity contribution in [3.8, 4) is 5.75 Å². The van der Waals surface area contributed by atoms with E-state index in [1.54, 1.807) is 0 Å². The molecule has 1 aliphatic rings. The van der Waals surface area contributed by atoms with Crippen LogP contribution in [0.4, 0.5) is 0 Å². The summed E-state index contributed by atoms with van der Waals surface area (Å²) in [7, 11) is 0. The van der Waals surface area contributed by atoms with E-state index in [-0.39, 0.29) is 0 Å². The highest BCUT2D eigenvalue weighted by atomic mass is 79.9. The fraction of sp³-hybridized carbons (Fsp3) is 0.455. The maximum atomic E-state index is 5.77. The van der Waals surface area contributed by atoms with Crippen molar-refractivity contribution in [2.75, 3.05) is 13.2 Å². The van der Waals surface area contributed by atoms with Gasteiger partial charge in [0.2, 0.25) is 0 Å². The Kier molecular flexibility index (Phi) is 3.08. The van der Waals surface area contributed by atoms with Gasteiger partial charge in [-0.1, -0.05) is 12.1 Å². The van der Waals surface area contributed by atoms with Gasteiger partial charge in [-0.3, -0.25) is 0 Å². The van der Waals surface area contributed by atoms with Crippen molar-refractivity contribution in [2.24, 2.45) is 5.73 Å². The molecule has 0 spiro atoms. The molecule has 0 fully saturated rings. The van der Waals surface area contributed by atoms with Crippen LogP contribution in [-0.4, -0.2) is 13.2 Å². The second-order valence-corrected chi connectivity index (χ2v) is 4.44. The van der Waals surface area contributed by atoms with Gasteiger partial charge in [0.15, 0.2) is 0 Å². The molecule has 76 valence electrons. The molecule has 0 aliphatic carbocycles. The minimum atomic E-state index is 0.449. The minimum absolute atomic E-state index is 0.449. The van der Waals surface area contributed by atoms with Gasteiger partial charge in [0.05, 0.1) is 11.1 Å². The molecule has 1 aromatic carbocycles. The van der Waals surface area contributed by atoms with Gasteiger partial charge in [-0.25, -0.2) is 0 Å². The molecule has 1 unspecified atom stereocenters. The first-order chi connectivity index (χ1) is 6.83. The van der Waals surface area contributed by atoms with Crippen LogP contribution in [-0.2, 0) is 0 Å². The van der Waals surface area contributed by atoms with Crippen LogP contribution in [0.2, 0.25) is 0 Å². The van der Waals surface area contributed by atoms with Crippen molar-refractivity contribution in [2.45, 2.75) is 18.8 Å². The molecular weight excluding hydrogens is 242 g/mol. The Hall–Kier alpha value is -0.540. The van der Waals surface area contributed by atoms with Crippen molar-refractivity contribution in [1.82, 2.24) is 0 Å². The van der Waals surface area contributed by atoms with Gasteiger partial charge >= 0.3 is 0 Å². The third kappa shape index (κ3) is 1.79. The summed E-state index contributed by atoms with van der Waals surface area (Å²) in [6, 6.07) is 6.17. The Morgan fingerprint density at radius 1 is 1.50 bits per heavy atom. The lowest BCUT2D eigenvalue weighted by atomic mass is 9.95. The SMILES string of the molecule is NCC1CCCOc2c(Br)cccc21. The second kappa shape index (κ2) is 4.32. The van der Waals surface area contributed by atoms with Gasteiger partial charge in [-0.05, 0) is 52.9 Å². The number of hydrogen-bond donors (Lipinski definition) is 1. The van der Waals surface area contributed by atoms with Crippen LogP contribution < -0.4 is 10.5 Å². The number of ether oxygens (including phenoxy) is 1. The molecule has 0 bridgehead atoms. The molecule has 0 saturated carbocycles. The zero-order chi connectivity index (χ0) is 9.97. The fourth-order valence-corrected chi connectivity index (χ4v) is 2.40. The minimum Gasteiger partial charge on any atom is -0.492 e. The summed E-state index contributed by atoms with van der Waals surface area (Å²) in [5.41, 5.74) is 7.02. The number of benzene rings is 1. The lowest BCUT2D eigenvalue weighted by molar-refractivity contribution is 0.314. The van der Waals surface area contributed by atoms with E-state index in [1.807, 2.05) is 12.1 Å². The maximum Gasteiger partial charge on any atom is 0.136 e. The quantitative estimate of drug-likeness (QED) is 0.838. The predicted molar refractivity (Wildman–Crippen MR) is 60.7 cm³/mol. The van der Waals surface area contributed by atoms with Crippen LogP contribution in [0.1, 0.15) is 24.3 Å². The van der Waals surface area contributed by atoms with E-state index in [0.717, 1.165) is 29.7 Å². The normalized spacial score (nSPS) is 20.9. The Morgan fingerprint density at radius 2 is 2.36 bits per heavy atom. The molecule has 14 heavy (non-hydrogen) atoms. The number of rotatable bonds is 1. The summed E-state index contributed by atoms with van der Waals surface area (Å²) in [6.45, 7) is 1.50. The van der Waals surface area contributed by atoms with Gasteiger partial charge in [-0.15, -0.1) is 0 Å². The highest BCUT2D eigenvalue weighted by molar-refractivity contribution is 9.10. The van der Waals surface area contributed by atoms with Crippen LogP contribution in [0.15, 0.2) is 22.7 Å². The van der Waals surface area contributed by atoms with Crippen molar-refractivity contribution in [1.29, 1.82) is 0 Å². The Balaban J connectivity index is 2.44. The molecule has 2 rings (SSSR count). The first-order valence-corrected chi connectivity index (χ1v) is 5.73. The van der Waals surface area contributed by atoms with Crippen molar-refractivity contribution >= 4 is 15.9 Å². The van der Waals surface area contributed by atoms with E-state index < -0.39 is 0 Å². The third-order valence-corrected chi connectivity index (χ3v) is 3.29. The highest BCUT2D eigenvalue weighted by Gasteiger charge is 2.19. The Labute approximate surface area is 92.6 Å². The molecular formula is C11H14BrNO. The number of halogens is 1. The predicted octanol–water partition coefficient (Wildman–Crippen LogP) is 2.66. The lowest BCUT2D eigenvalue weighted by Gasteiger charge is -2.14. The summed E-state index contributed by atoms with van der Waals surface area (Å²) in [4.78, 5) is 0. The Morgan fingerprint density at radius 3 is 3.14 bits per heavy atom. The standard InChI is InChI=1S/C11H14BrNO/c12-10-5-1-4-9-8(7-13)3-2-6-14-11(9)10/h1,4-5,8H,2-3,6-7,13H2. The molecule has 1 heterocycles. The molecule has 1 atom stereocenters. The topological polar surface area (TPSA) is 35.2 Å². The van der Waals surface area contributed by atoms with E-state index in [1.165, 1.54) is 5.56 Å². The molecule has 0 saturated heterocycles. The molecule has 0 radical (unpaired) electrons. The molecule has 0 amide bonds. The molecule has 2 N–H and O–H groups in total. The molecule has 0 aromatic heterocycles. The van der Waals surface area contributed by atoms with E-state index in [4.69, 9.17) is 10.5 Å². The largest absolute Gasteiger partial charge is 0.492 e. The average Bonchev–Trinajstić information content (AvgIpc) is 2.40. The molecule has 1 aliphatic heterocycles. The van der Waals surface area contributed by atoms with Crippen LogP contribution >= 0.6 is 15.9 Å². The van der Waals surface area contributed by atoms with Gasteiger partial charge in [0, 0.05) is 0 Å². The number of fused-ring (bicyclic) bond motifs is 1. The molecule has 3 heteroatoms. The summed E-state index contributed by atoms with van der Waals surface area (Å²) < 4.78 is 6.75. The van der Waals surface area contributed by atoms with Crippen LogP contribution in [0.5, 0.6) is 5.75 Å². The van der Waals surface area contributed by atoms with E-state index in [2.05, 4.69) is 22.0 Å². The second-order valence-electron chi connectivity index (χ2n) is 3.58. The smallest absolute Gasteiger partial charge is 0.136 e. The van der Waals surface area contributed by atoms with Crippen molar-refractivity contribution in [3.05, 3.63) is 28.2 Å². The van der Waals surface area contributed by atoms with Gasteiger partial charge in [0.1, 0.15) is 5.75 Å². The average molecular weight is 256 g/mol. The van der Waals surface area contributed by atoms with Crippen LogP contribution in [0, 0.1) is 0 Å². The van der Waals surface area contributed by atoms with Crippen molar-refractivity contribution in [3.63, 3.8) is 0 Å². The summed E-state index contributed by atoms with van der Waals surface area (Å²) in [5, 5.41) is 0. The Bertz CT molecular complexity index is 327. The van der Waals surface area contributed by atoms with Gasteiger partial charge < -0.3 is 10.5 Å².